The van der Waals surface area contributed by atoms with E-state index in [9.17, 15) is 0 Å². The molecule has 16 heavy (non-hydrogen) atoms. The lowest BCUT2D eigenvalue weighted by atomic mass is 10.0. The molecule has 0 aliphatic rings. The van der Waals surface area contributed by atoms with Gasteiger partial charge in [0.25, 0.3) is 0 Å². The fourth-order valence-electron chi connectivity index (χ4n) is 1.88. The third-order valence-electron chi connectivity index (χ3n) is 2.71. The third-order valence-corrected chi connectivity index (χ3v) is 3.79. The summed E-state index contributed by atoms with van der Waals surface area (Å²) >= 11 is 1.80. The predicted molar refractivity (Wildman–Crippen MR) is 68.9 cm³/mol. The van der Waals surface area contributed by atoms with Crippen molar-refractivity contribution in [3.05, 3.63) is 51.5 Å². The predicted octanol–water partition coefficient (Wildman–Crippen LogP) is 3.07. The lowest BCUT2D eigenvalue weighted by Gasteiger charge is -2.16. The molecule has 2 nitrogen and oxygen atoms in total. The zero-order valence-corrected chi connectivity index (χ0v) is 10.6. The highest BCUT2D eigenvalue weighted by molar-refractivity contribution is 7.10. The lowest BCUT2D eigenvalue weighted by Crippen LogP contribution is -2.17. The van der Waals surface area contributed by atoms with Crippen LogP contribution in [0, 0.1) is 13.8 Å². The van der Waals surface area contributed by atoms with Gasteiger partial charge in [0.05, 0.1) is 6.04 Å². The molecule has 1 N–H and O–H groups in total. The standard InChI is InChI=1S/C13H16N2S/c1-9-5-7-16-13(9)12(14-3)11-4-6-15-10(2)8-11/h4-8,12,14H,1-3H3. The largest absolute Gasteiger partial charge is 0.309 e. The second-order valence-corrected chi connectivity index (χ2v) is 4.87. The minimum absolute atomic E-state index is 0.279. The third kappa shape index (κ3) is 2.15. The van der Waals surface area contributed by atoms with Crippen molar-refractivity contribution in [2.45, 2.75) is 19.9 Å². The summed E-state index contributed by atoms with van der Waals surface area (Å²) in [5.41, 5.74) is 3.69. The fraction of sp³-hybridized carbons (Fsp3) is 0.308. The maximum Gasteiger partial charge on any atom is 0.0672 e. The van der Waals surface area contributed by atoms with Gasteiger partial charge < -0.3 is 5.32 Å². The van der Waals surface area contributed by atoms with Gasteiger partial charge in [0.15, 0.2) is 0 Å². The Balaban J connectivity index is 2.40. The summed E-state index contributed by atoms with van der Waals surface area (Å²) in [6.45, 7) is 4.18. The Labute approximate surface area is 100 Å². The van der Waals surface area contributed by atoms with Gasteiger partial charge in [-0.05, 0) is 55.6 Å². The smallest absolute Gasteiger partial charge is 0.0672 e. The Morgan fingerprint density at radius 2 is 2.12 bits per heavy atom. The second kappa shape index (κ2) is 4.76. The molecule has 0 bridgehead atoms. The van der Waals surface area contributed by atoms with Crippen LogP contribution in [-0.4, -0.2) is 12.0 Å². The van der Waals surface area contributed by atoms with Crippen LogP contribution >= 0.6 is 11.3 Å². The molecule has 84 valence electrons. The molecule has 0 spiro atoms. The first kappa shape index (κ1) is 11.3. The van der Waals surface area contributed by atoms with E-state index in [-0.39, 0.29) is 6.04 Å². The molecule has 0 saturated carbocycles. The van der Waals surface area contributed by atoms with E-state index in [1.54, 1.807) is 11.3 Å². The van der Waals surface area contributed by atoms with Gasteiger partial charge >= 0.3 is 0 Å². The number of rotatable bonds is 3. The van der Waals surface area contributed by atoms with Crippen molar-refractivity contribution in [1.82, 2.24) is 10.3 Å². The Kier molecular flexibility index (Phi) is 3.36. The van der Waals surface area contributed by atoms with Crippen LogP contribution in [0.25, 0.3) is 0 Å². The Morgan fingerprint density at radius 3 is 2.69 bits per heavy atom. The van der Waals surface area contributed by atoms with Crippen LogP contribution in [0.5, 0.6) is 0 Å². The Hall–Kier alpha value is -1.19. The SMILES string of the molecule is CNC(c1ccnc(C)c1)c1sccc1C. The first-order valence-corrected chi connectivity index (χ1v) is 6.24. The number of aromatic nitrogens is 1. The highest BCUT2D eigenvalue weighted by atomic mass is 32.1. The molecule has 0 radical (unpaired) electrons. The van der Waals surface area contributed by atoms with Crippen LogP contribution in [0.2, 0.25) is 0 Å². The van der Waals surface area contributed by atoms with Crippen LogP contribution in [-0.2, 0) is 0 Å². The maximum atomic E-state index is 4.24. The average molecular weight is 232 g/mol. The van der Waals surface area contributed by atoms with Gasteiger partial charge in [0.2, 0.25) is 0 Å². The van der Waals surface area contributed by atoms with Gasteiger partial charge in [-0.15, -0.1) is 11.3 Å². The number of aryl methyl sites for hydroxylation is 2. The van der Waals surface area contributed by atoms with E-state index >= 15 is 0 Å². The van der Waals surface area contributed by atoms with E-state index in [0.717, 1.165) is 5.69 Å². The first-order chi connectivity index (χ1) is 7.72. The van der Waals surface area contributed by atoms with Crippen molar-refractivity contribution < 1.29 is 0 Å². The van der Waals surface area contributed by atoms with Crippen LogP contribution in [0.3, 0.4) is 0 Å². The van der Waals surface area contributed by atoms with Crippen LogP contribution in [0.15, 0.2) is 29.8 Å². The quantitative estimate of drug-likeness (QED) is 0.879. The van der Waals surface area contributed by atoms with Crippen molar-refractivity contribution in [1.29, 1.82) is 0 Å². The summed E-state index contributed by atoms with van der Waals surface area (Å²) in [4.78, 5) is 5.62. The number of thiophene rings is 1. The summed E-state index contributed by atoms with van der Waals surface area (Å²) in [5, 5.41) is 5.51. The molecule has 2 aromatic heterocycles. The summed E-state index contributed by atoms with van der Waals surface area (Å²) in [6, 6.07) is 6.66. The van der Waals surface area contributed by atoms with Gasteiger partial charge in [-0.1, -0.05) is 0 Å². The van der Waals surface area contributed by atoms with Crippen molar-refractivity contribution in [3.63, 3.8) is 0 Å². The minimum atomic E-state index is 0.279. The van der Waals surface area contributed by atoms with E-state index < -0.39 is 0 Å². The molecular weight excluding hydrogens is 216 g/mol. The highest BCUT2D eigenvalue weighted by Gasteiger charge is 2.15. The number of nitrogens with zero attached hydrogens (tertiary/aromatic N) is 1. The van der Waals surface area contributed by atoms with Gasteiger partial charge in [-0.25, -0.2) is 0 Å². The minimum Gasteiger partial charge on any atom is -0.309 e. The van der Waals surface area contributed by atoms with Crippen molar-refractivity contribution in [2.24, 2.45) is 0 Å². The molecule has 1 unspecified atom stereocenters. The number of hydrogen-bond acceptors (Lipinski definition) is 3. The Bertz CT molecular complexity index is 476. The summed E-state index contributed by atoms with van der Waals surface area (Å²) in [6.07, 6.45) is 1.87. The van der Waals surface area contributed by atoms with E-state index in [1.165, 1.54) is 16.0 Å². The Morgan fingerprint density at radius 1 is 1.31 bits per heavy atom. The molecule has 3 heteroatoms. The van der Waals surface area contributed by atoms with E-state index in [2.05, 4.69) is 40.8 Å². The highest BCUT2D eigenvalue weighted by Crippen LogP contribution is 2.28. The van der Waals surface area contributed by atoms with E-state index in [4.69, 9.17) is 0 Å². The van der Waals surface area contributed by atoms with Gasteiger partial charge in [0, 0.05) is 16.8 Å². The molecule has 0 saturated heterocycles. The molecular formula is C13H16N2S. The van der Waals surface area contributed by atoms with Gasteiger partial charge in [-0.2, -0.15) is 0 Å². The summed E-state index contributed by atoms with van der Waals surface area (Å²) in [7, 11) is 2.00. The van der Waals surface area contributed by atoms with Gasteiger partial charge in [0.1, 0.15) is 0 Å². The normalized spacial score (nSPS) is 12.7. The molecule has 2 rings (SSSR count). The molecule has 1 atom stereocenters. The monoisotopic (exact) mass is 232 g/mol. The summed E-state index contributed by atoms with van der Waals surface area (Å²) < 4.78 is 0. The van der Waals surface area contributed by atoms with Crippen LogP contribution in [0.4, 0.5) is 0 Å². The molecule has 0 aliphatic carbocycles. The molecule has 0 aromatic carbocycles. The van der Waals surface area contributed by atoms with Crippen LogP contribution < -0.4 is 5.32 Å². The molecule has 0 fully saturated rings. The zero-order chi connectivity index (χ0) is 11.5. The molecule has 0 amide bonds. The lowest BCUT2D eigenvalue weighted by molar-refractivity contribution is 0.698. The molecule has 2 aromatic rings. The van der Waals surface area contributed by atoms with E-state index in [1.807, 2.05) is 20.2 Å². The fourth-order valence-corrected chi connectivity index (χ4v) is 2.94. The number of pyridine rings is 1. The first-order valence-electron chi connectivity index (χ1n) is 5.36. The maximum absolute atomic E-state index is 4.24. The number of nitrogens with one attached hydrogen (secondary N) is 1. The molecule has 0 aliphatic heterocycles. The van der Waals surface area contributed by atoms with E-state index in [0.29, 0.717) is 0 Å². The summed E-state index contributed by atoms with van der Waals surface area (Å²) in [5.74, 6) is 0. The average Bonchev–Trinajstić information content (AvgIpc) is 2.67. The molecule has 2 heterocycles. The van der Waals surface area contributed by atoms with Crippen molar-refractivity contribution in [2.75, 3.05) is 7.05 Å². The van der Waals surface area contributed by atoms with Gasteiger partial charge in [-0.3, -0.25) is 4.98 Å². The second-order valence-electron chi connectivity index (χ2n) is 3.92. The van der Waals surface area contributed by atoms with Crippen molar-refractivity contribution in [3.8, 4) is 0 Å². The topological polar surface area (TPSA) is 24.9 Å². The zero-order valence-electron chi connectivity index (χ0n) is 9.82. The van der Waals surface area contributed by atoms with Crippen molar-refractivity contribution >= 4 is 11.3 Å². The number of hydrogen-bond donors (Lipinski definition) is 1. The van der Waals surface area contributed by atoms with Crippen LogP contribution in [0.1, 0.15) is 27.7 Å².